The van der Waals surface area contributed by atoms with Gasteiger partial charge in [0, 0.05) is 6.07 Å². The van der Waals surface area contributed by atoms with Crippen LogP contribution in [0.5, 0.6) is 5.75 Å². The van der Waals surface area contributed by atoms with Crippen LogP contribution in [0.25, 0.3) is 0 Å². The van der Waals surface area contributed by atoms with Crippen LogP contribution in [0.4, 0.5) is 0 Å². The number of amides is 1. The minimum Gasteiger partial charge on any atom is -0.497 e. The Morgan fingerprint density at radius 3 is 2.38 bits per heavy atom. The molecule has 0 atom stereocenters. The highest BCUT2D eigenvalue weighted by atomic mass is 35.5. The molecule has 154 valence electrons. The van der Waals surface area contributed by atoms with Gasteiger partial charge in [-0.05, 0) is 29.7 Å². The first-order valence-corrected chi connectivity index (χ1v) is 10.7. The SMILES string of the molecule is COc1cc(C(C)C)c2c(c1)S(=O)(=O)N(CO[14C](=O)c1c(Cl)cccc1Cl)[14C]2=O. The number of ether oxygens (including phenoxy) is 2. The molecule has 1 aliphatic heterocycles. The maximum absolute atomic E-state index is 12.9. The summed E-state index contributed by atoms with van der Waals surface area (Å²) in [4.78, 5) is 25.1. The van der Waals surface area contributed by atoms with Crippen LogP contribution < -0.4 is 4.74 Å². The lowest BCUT2D eigenvalue weighted by Crippen LogP contribution is -2.33. The molecule has 1 amide bonds. The van der Waals surface area contributed by atoms with Gasteiger partial charge >= 0.3 is 5.97 Å². The number of methoxy groups -OCH3 is 1. The molecule has 0 radical (unpaired) electrons. The van der Waals surface area contributed by atoms with Gasteiger partial charge in [0.25, 0.3) is 15.9 Å². The molecule has 2 aromatic rings. The maximum atomic E-state index is 12.9. The van der Waals surface area contributed by atoms with Crippen molar-refractivity contribution in [3.05, 3.63) is 57.1 Å². The third-order valence-corrected chi connectivity index (χ3v) is 6.81. The Labute approximate surface area is 178 Å². The van der Waals surface area contributed by atoms with Crippen LogP contribution in [0.2, 0.25) is 10.0 Å². The van der Waals surface area contributed by atoms with E-state index in [-0.39, 0.29) is 32.0 Å². The summed E-state index contributed by atoms with van der Waals surface area (Å²) in [7, 11) is -2.82. The summed E-state index contributed by atoms with van der Waals surface area (Å²) in [6.45, 7) is 2.85. The number of rotatable bonds is 5. The van der Waals surface area contributed by atoms with Crippen molar-refractivity contribution in [2.24, 2.45) is 0 Å². The number of halogens is 2. The zero-order chi connectivity index (χ0) is 21.5. The van der Waals surface area contributed by atoms with Gasteiger partial charge in [-0.2, -0.15) is 4.31 Å². The number of carbonyl (C=O) groups excluding carboxylic acids is 2. The molecule has 0 N–H and O–H groups in total. The molecule has 1 aliphatic rings. The normalized spacial score (nSPS) is 14.8. The second kappa shape index (κ2) is 7.85. The van der Waals surface area contributed by atoms with Crippen LogP contribution in [-0.2, 0) is 14.8 Å². The summed E-state index contributed by atoms with van der Waals surface area (Å²) in [6, 6.07) is 7.34. The molecule has 3 rings (SSSR count). The highest BCUT2D eigenvalue weighted by Gasteiger charge is 2.44. The van der Waals surface area contributed by atoms with E-state index in [1.54, 1.807) is 12.1 Å². The first-order chi connectivity index (χ1) is 13.6. The monoisotopic (exact) mass is 461 g/mol. The summed E-state index contributed by atoms with van der Waals surface area (Å²) < 4.78 is 36.6. The van der Waals surface area contributed by atoms with E-state index in [1.807, 2.05) is 13.8 Å². The maximum Gasteiger partial charge on any atom is 0.342 e. The van der Waals surface area contributed by atoms with Gasteiger partial charge < -0.3 is 9.47 Å². The van der Waals surface area contributed by atoms with Crippen LogP contribution in [0.3, 0.4) is 0 Å². The first-order valence-electron chi connectivity index (χ1n) is 8.49. The van der Waals surface area contributed by atoms with E-state index < -0.39 is 28.6 Å². The first kappa shape index (κ1) is 21.4. The predicted octanol–water partition coefficient (Wildman–Crippen LogP) is 4.08. The molecule has 0 spiro atoms. The van der Waals surface area contributed by atoms with Crippen LogP contribution >= 0.6 is 23.2 Å². The Morgan fingerprint density at radius 2 is 1.83 bits per heavy atom. The highest BCUT2D eigenvalue weighted by Crippen LogP contribution is 2.38. The van der Waals surface area contributed by atoms with E-state index in [9.17, 15) is 18.0 Å². The summed E-state index contributed by atoms with van der Waals surface area (Å²) >= 11 is 11.9. The van der Waals surface area contributed by atoms with E-state index in [0.29, 0.717) is 15.6 Å². The largest absolute Gasteiger partial charge is 0.497 e. The number of fused-ring (bicyclic) bond motifs is 1. The average Bonchev–Trinajstić information content (AvgIpc) is 2.84. The molecular weight excluding hydrogens is 445 g/mol. The minimum atomic E-state index is -4.22. The van der Waals surface area contributed by atoms with Crippen molar-refractivity contribution < 1.29 is 27.5 Å². The lowest BCUT2D eigenvalue weighted by Gasteiger charge is -2.16. The third kappa shape index (κ3) is 3.68. The van der Waals surface area contributed by atoms with E-state index >= 15 is 0 Å². The summed E-state index contributed by atoms with van der Waals surface area (Å²) in [5.41, 5.74) is 0.463. The van der Waals surface area contributed by atoms with Gasteiger partial charge in [-0.3, -0.25) is 4.79 Å². The van der Waals surface area contributed by atoms with Gasteiger partial charge in [0.2, 0.25) is 0 Å². The molecule has 0 saturated heterocycles. The second-order valence-corrected chi connectivity index (χ2v) is 9.21. The fourth-order valence-corrected chi connectivity index (χ4v) is 5.00. The summed E-state index contributed by atoms with van der Waals surface area (Å²) in [6.07, 6.45) is 0. The third-order valence-electron chi connectivity index (χ3n) is 4.45. The van der Waals surface area contributed by atoms with Gasteiger partial charge in [-0.1, -0.05) is 43.1 Å². The van der Waals surface area contributed by atoms with Crippen LogP contribution in [0.1, 0.15) is 46.0 Å². The number of hydrogen-bond donors (Lipinski definition) is 0. The van der Waals surface area contributed by atoms with Gasteiger partial charge in [-0.15, -0.1) is 0 Å². The smallest absolute Gasteiger partial charge is 0.342 e. The predicted molar refractivity (Wildman–Crippen MR) is 107 cm³/mol. The topological polar surface area (TPSA) is 90.0 Å². The van der Waals surface area contributed by atoms with E-state index in [4.69, 9.17) is 32.7 Å². The van der Waals surface area contributed by atoms with Crippen LogP contribution in [0.15, 0.2) is 35.2 Å². The Balaban J connectivity index is 1.95. The molecule has 7 nitrogen and oxygen atoms in total. The van der Waals surface area contributed by atoms with Crippen molar-refractivity contribution >= 4 is 45.1 Å². The molecule has 0 saturated carbocycles. The lowest BCUT2D eigenvalue weighted by molar-refractivity contribution is 0.0358. The van der Waals surface area contributed by atoms with Crippen molar-refractivity contribution in [2.75, 3.05) is 13.8 Å². The fourth-order valence-electron chi connectivity index (χ4n) is 2.98. The number of benzene rings is 2. The zero-order valence-electron chi connectivity index (χ0n) is 15.7. The standard InChI is InChI=1S/C19H17Cl2NO6S/c1-10(2)12-7-11(27-3)8-15-16(12)18(23)22(29(15,25)26)9-28-19(24)17-13(20)5-4-6-14(17)21/h4-8,10H,9H2,1-3H3/i18+2,19+2. The number of sulfonamides is 1. The van der Waals surface area contributed by atoms with E-state index in [1.165, 1.54) is 25.3 Å². The highest BCUT2D eigenvalue weighted by molar-refractivity contribution is 7.90. The average molecular weight is 462 g/mol. The van der Waals surface area contributed by atoms with Crippen molar-refractivity contribution in [2.45, 2.75) is 24.7 Å². The van der Waals surface area contributed by atoms with Gasteiger partial charge in [0.15, 0.2) is 6.73 Å². The molecule has 0 unspecified atom stereocenters. The molecule has 0 aliphatic carbocycles. The second-order valence-electron chi connectivity index (χ2n) is 6.56. The zero-order valence-corrected chi connectivity index (χ0v) is 18.1. The number of nitrogens with zero attached hydrogens (tertiary/aromatic N) is 1. The van der Waals surface area contributed by atoms with Gasteiger partial charge in [0.1, 0.15) is 10.6 Å². The van der Waals surface area contributed by atoms with E-state index in [0.717, 1.165) is 0 Å². The molecule has 0 aromatic heterocycles. The molecule has 1 heterocycles. The van der Waals surface area contributed by atoms with Crippen LogP contribution in [-0.4, -0.2) is 38.4 Å². The van der Waals surface area contributed by atoms with Crippen molar-refractivity contribution in [1.82, 2.24) is 4.31 Å². The number of esters is 1. The Kier molecular flexibility index (Phi) is 5.80. The van der Waals surface area contributed by atoms with Crippen molar-refractivity contribution in [3.8, 4) is 5.75 Å². The lowest BCUT2D eigenvalue weighted by atomic mass is 10.0. The molecule has 29 heavy (non-hydrogen) atoms. The molecule has 2 aromatic carbocycles. The molecule has 10 heteroatoms. The van der Waals surface area contributed by atoms with Crippen molar-refractivity contribution in [3.63, 3.8) is 0 Å². The number of hydrogen-bond acceptors (Lipinski definition) is 6. The molecule has 0 bridgehead atoms. The van der Waals surface area contributed by atoms with Gasteiger partial charge in [0.05, 0.1) is 28.3 Å². The summed E-state index contributed by atoms with van der Waals surface area (Å²) in [5.74, 6) is -1.54. The Bertz CT molecular complexity index is 1090. The van der Waals surface area contributed by atoms with E-state index in [2.05, 4.69) is 0 Å². The van der Waals surface area contributed by atoms with Crippen molar-refractivity contribution in [1.29, 1.82) is 0 Å². The fraction of sp³-hybridized carbons (Fsp3) is 0.263. The quantitative estimate of drug-likeness (QED) is 0.622. The summed E-state index contributed by atoms with van der Waals surface area (Å²) in [5, 5.41) is 0.0986. The van der Waals surface area contributed by atoms with Gasteiger partial charge in [-0.25, -0.2) is 13.2 Å². The number of carbonyl (C=O) groups is 2. The Morgan fingerprint density at radius 1 is 1.21 bits per heavy atom. The minimum absolute atomic E-state index is 0.0487. The molecule has 0 fully saturated rings. The molecular formula is C19H17Cl2NO6S. The van der Waals surface area contributed by atoms with Crippen LogP contribution in [0, 0.1) is 0 Å². The Hall–Kier alpha value is -2.29.